The van der Waals surface area contributed by atoms with Crippen LogP contribution < -0.4 is 10.6 Å². The Morgan fingerprint density at radius 1 is 1.35 bits per heavy atom. The van der Waals surface area contributed by atoms with Crippen LogP contribution in [0.3, 0.4) is 0 Å². The maximum atomic E-state index is 13.1. The first-order chi connectivity index (χ1) is 14.7. The molecule has 1 saturated carbocycles. The number of aliphatic hydroxyl groups excluding tert-OH is 1. The molecule has 1 heterocycles. The van der Waals surface area contributed by atoms with Crippen molar-refractivity contribution in [3.63, 3.8) is 0 Å². The summed E-state index contributed by atoms with van der Waals surface area (Å²) in [5, 5.41) is 23.3. The number of carbonyl (C=O) groups excluding carboxylic acids is 1. The zero-order valence-corrected chi connectivity index (χ0v) is 16.8. The molecule has 0 aliphatic heterocycles. The minimum absolute atomic E-state index is 0.0378. The van der Waals surface area contributed by atoms with Gasteiger partial charge in [0.1, 0.15) is 18.1 Å². The van der Waals surface area contributed by atoms with E-state index in [9.17, 15) is 23.1 Å². The smallest absolute Gasteiger partial charge is 0.433 e. The second kappa shape index (κ2) is 8.93. The lowest BCUT2D eigenvalue weighted by atomic mass is 9.77. The third-order valence-corrected chi connectivity index (χ3v) is 5.28. The number of nitrogens with one attached hydrogen (secondary N) is 3. The third-order valence-electron chi connectivity index (χ3n) is 5.28. The molecular weight excluding hydrogens is 413 g/mol. The first-order valence-corrected chi connectivity index (χ1v) is 9.67. The Morgan fingerprint density at radius 3 is 2.68 bits per heavy atom. The molecule has 2 aliphatic rings. The highest BCUT2D eigenvalue weighted by atomic mass is 19.4. The van der Waals surface area contributed by atoms with E-state index in [1.807, 2.05) is 0 Å². The zero-order valence-electron chi connectivity index (χ0n) is 16.8. The second-order valence-corrected chi connectivity index (χ2v) is 7.38. The number of ether oxygens (including phenoxy) is 1. The van der Waals surface area contributed by atoms with Crippen LogP contribution in [0.4, 0.5) is 13.2 Å². The number of allylic oxidation sites excluding steroid dienone is 4. The van der Waals surface area contributed by atoms with Gasteiger partial charge in [-0.15, -0.1) is 0 Å². The molecule has 1 aromatic heterocycles. The van der Waals surface area contributed by atoms with Gasteiger partial charge in [-0.3, -0.25) is 9.78 Å². The molecule has 1 amide bonds. The normalized spacial score (nSPS) is 19.3. The molecule has 0 aromatic carbocycles. The molecule has 166 valence electrons. The first kappa shape index (κ1) is 22.5. The van der Waals surface area contributed by atoms with Crippen LogP contribution in [-0.4, -0.2) is 40.9 Å². The Hall–Kier alpha value is -3.14. The molecule has 1 aromatic rings. The van der Waals surface area contributed by atoms with E-state index < -0.39 is 23.3 Å². The van der Waals surface area contributed by atoms with Crippen LogP contribution in [0.2, 0.25) is 0 Å². The van der Waals surface area contributed by atoms with E-state index in [0.29, 0.717) is 12.8 Å². The number of aliphatic hydroxyl groups is 1. The van der Waals surface area contributed by atoms with Crippen LogP contribution in [-0.2, 0) is 22.3 Å². The Bertz CT molecular complexity index is 957. The lowest BCUT2D eigenvalue weighted by Gasteiger charge is -2.41. The van der Waals surface area contributed by atoms with Crippen molar-refractivity contribution in [3.05, 3.63) is 64.8 Å². The topological polar surface area (TPSA) is 107 Å². The SMILES string of the molecule is CN/C(C(=O)NC1(CO)CCC1)=C1/C=C(OCc2cccnc2C(F)(F)F)C=CC1=N. The Kier molecular flexibility index (Phi) is 6.49. The Morgan fingerprint density at radius 2 is 2.10 bits per heavy atom. The molecular formula is C21H23F3N4O3. The average molecular weight is 436 g/mol. The van der Waals surface area contributed by atoms with Crippen LogP contribution in [0.15, 0.2) is 53.6 Å². The monoisotopic (exact) mass is 436 g/mol. The van der Waals surface area contributed by atoms with Crippen molar-refractivity contribution in [3.8, 4) is 0 Å². The van der Waals surface area contributed by atoms with Gasteiger partial charge in [0, 0.05) is 24.4 Å². The van der Waals surface area contributed by atoms with Gasteiger partial charge in [0.25, 0.3) is 5.91 Å². The second-order valence-electron chi connectivity index (χ2n) is 7.38. The summed E-state index contributed by atoms with van der Waals surface area (Å²) < 4.78 is 44.9. The summed E-state index contributed by atoms with van der Waals surface area (Å²) in [6.07, 6.45) is 2.95. The number of rotatable bonds is 7. The number of likely N-dealkylation sites (N-methyl/N-ethyl adjacent to an activating group) is 1. The number of aromatic nitrogens is 1. The highest BCUT2D eigenvalue weighted by Gasteiger charge is 2.39. The number of nitrogens with zero attached hydrogens (tertiary/aromatic N) is 1. The van der Waals surface area contributed by atoms with Crippen molar-refractivity contribution in [2.24, 2.45) is 0 Å². The molecule has 3 rings (SSSR count). The molecule has 1 fully saturated rings. The third kappa shape index (κ3) is 4.96. The summed E-state index contributed by atoms with van der Waals surface area (Å²) in [5.74, 6) is -0.280. The lowest BCUT2D eigenvalue weighted by molar-refractivity contribution is -0.142. The molecule has 0 radical (unpaired) electrons. The van der Waals surface area contributed by atoms with Gasteiger partial charge < -0.3 is 25.9 Å². The fraction of sp³-hybridized carbons (Fsp3) is 0.381. The summed E-state index contributed by atoms with van der Waals surface area (Å²) in [6.45, 7) is -0.562. The van der Waals surface area contributed by atoms with E-state index in [2.05, 4.69) is 15.6 Å². The predicted molar refractivity (Wildman–Crippen MR) is 107 cm³/mol. The predicted octanol–water partition coefficient (Wildman–Crippen LogP) is 2.60. The number of hydrogen-bond donors (Lipinski definition) is 4. The molecule has 2 aliphatic carbocycles. The number of alkyl halides is 3. The summed E-state index contributed by atoms with van der Waals surface area (Å²) >= 11 is 0. The summed E-state index contributed by atoms with van der Waals surface area (Å²) in [5.41, 5.74) is -1.44. The highest BCUT2D eigenvalue weighted by Crippen LogP contribution is 2.32. The molecule has 0 bridgehead atoms. The van der Waals surface area contributed by atoms with Crippen LogP contribution in [0.1, 0.15) is 30.5 Å². The number of hydrogen-bond acceptors (Lipinski definition) is 6. The molecule has 0 atom stereocenters. The van der Waals surface area contributed by atoms with E-state index in [1.54, 1.807) is 0 Å². The maximum absolute atomic E-state index is 13.1. The van der Waals surface area contributed by atoms with E-state index in [4.69, 9.17) is 10.1 Å². The molecule has 7 nitrogen and oxygen atoms in total. The van der Waals surface area contributed by atoms with Crippen LogP contribution >= 0.6 is 0 Å². The molecule has 0 saturated heterocycles. The first-order valence-electron chi connectivity index (χ1n) is 9.67. The van der Waals surface area contributed by atoms with E-state index >= 15 is 0 Å². The number of halogens is 3. The fourth-order valence-corrected chi connectivity index (χ4v) is 3.39. The van der Waals surface area contributed by atoms with Crippen molar-refractivity contribution >= 4 is 11.6 Å². The standard InChI is InChI=1S/C21H23F3N4O3/c1-26-17(19(30)28-20(12-29)7-3-8-20)15-10-14(5-6-16(15)25)31-11-13-4-2-9-27-18(13)21(22,23)24/h2,4-6,9-10,25-26,29H,3,7-8,11-12H2,1H3,(H,28,30)/b17-15-,25-16?. The lowest BCUT2D eigenvalue weighted by Crippen LogP contribution is -2.57. The Labute approximate surface area is 177 Å². The van der Waals surface area contributed by atoms with Gasteiger partial charge in [-0.1, -0.05) is 6.07 Å². The summed E-state index contributed by atoms with van der Waals surface area (Å²) in [4.78, 5) is 16.2. The van der Waals surface area contributed by atoms with Gasteiger partial charge in [-0.05, 0) is 43.6 Å². The van der Waals surface area contributed by atoms with Gasteiger partial charge in [0.15, 0.2) is 5.69 Å². The van der Waals surface area contributed by atoms with E-state index in [1.165, 1.54) is 37.4 Å². The largest absolute Gasteiger partial charge is 0.489 e. The van der Waals surface area contributed by atoms with E-state index in [0.717, 1.165) is 12.6 Å². The van der Waals surface area contributed by atoms with Gasteiger partial charge in [-0.25, -0.2) is 0 Å². The fourth-order valence-electron chi connectivity index (χ4n) is 3.39. The van der Waals surface area contributed by atoms with Crippen molar-refractivity contribution in [1.82, 2.24) is 15.6 Å². The molecule has 31 heavy (non-hydrogen) atoms. The number of amides is 1. The average Bonchev–Trinajstić information content (AvgIpc) is 2.71. The van der Waals surface area contributed by atoms with Gasteiger partial charge in [-0.2, -0.15) is 13.2 Å². The number of pyridine rings is 1. The summed E-state index contributed by atoms with van der Waals surface area (Å²) in [6, 6.07) is 2.67. The number of carbonyl (C=O) groups is 1. The van der Waals surface area contributed by atoms with E-state index in [-0.39, 0.29) is 41.5 Å². The minimum Gasteiger partial charge on any atom is -0.489 e. The maximum Gasteiger partial charge on any atom is 0.433 e. The molecule has 10 heteroatoms. The van der Waals surface area contributed by atoms with Gasteiger partial charge >= 0.3 is 6.18 Å². The highest BCUT2D eigenvalue weighted by molar-refractivity contribution is 6.14. The Balaban J connectivity index is 1.81. The zero-order chi connectivity index (χ0) is 22.6. The quantitative estimate of drug-likeness (QED) is 0.492. The minimum atomic E-state index is -4.61. The molecule has 4 N–H and O–H groups in total. The van der Waals surface area contributed by atoms with Gasteiger partial charge in [0.2, 0.25) is 0 Å². The van der Waals surface area contributed by atoms with Crippen LogP contribution in [0.25, 0.3) is 0 Å². The van der Waals surface area contributed by atoms with Crippen molar-refractivity contribution in [1.29, 1.82) is 5.41 Å². The molecule has 0 unspecified atom stereocenters. The molecule has 0 spiro atoms. The van der Waals surface area contributed by atoms with Crippen molar-refractivity contribution < 1.29 is 27.8 Å². The van der Waals surface area contributed by atoms with Gasteiger partial charge in [0.05, 0.1) is 17.9 Å². The van der Waals surface area contributed by atoms with Crippen molar-refractivity contribution in [2.75, 3.05) is 13.7 Å². The van der Waals surface area contributed by atoms with Crippen LogP contribution in [0, 0.1) is 5.41 Å². The van der Waals surface area contributed by atoms with Crippen molar-refractivity contribution in [2.45, 2.75) is 37.6 Å². The summed E-state index contributed by atoms with van der Waals surface area (Å²) in [7, 11) is 1.53. The van der Waals surface area contributed by atoms with Crippen LogP contribution in [0.5, 0.6) is 0 Å².